The highest BCUT2D eigenvalue weighted by atomic mass is 16.6. The highest BCUT2D eigenvalue weighted by Gasteiger charge is 2.16. The molecule has 1 N–H and O–H groups in total. The lowest BCUT2D eigenvalue weighted by atomic mass is 10.2. The van der Waals surface area contributed by atoms with Crippen molar-refractivity contribution in [2.24, 2.45) is 0 Å². The van der Waals surface area contributed by atoms with Gasteiger partial charge in [0, 0.05) is 12.1 Å². The molecule has 10 heteroatoms. The van der Waals surface area contributed by atoms with E-state index in [1.807, 2.05) is 0 Å². The largest absolute Gasteiger partial charge is 0.494 e. The quantitative estimate of drug-likeness (QED) is 0.0523. The minimum Gasteiger partial charge on any atom is -0.494 e. The number of aliphatic hydroxyl groups excluding tert-OH is 1. The van der Waals surface area contributed by atoms with Crippen molar-refractivity contribution in [3.63, 3.8) is 0 Å². The number of carbonyl (C=O) groups excluding carboxylic acids is 3. The Morgan fingerprint density at radius 1 is 0.744 bits per heavy atom. The molecule has 1 atom stereocenters. The molecule has 0 radical (unpaired) electrons. The number of aliphatic hydroxyl groups is 1. The molecule has 0 heterocycles. The maximum atomic E-state index is 12.7. The lowest BCUT2D eigenvalue weighted by Gasteiger charge is -2.12. The summed E-state index contributed by atoms with van der Waals surface area (Å²) in [6.07, 6.45) is 4.68. The van der Waals surface area contributed by atoms with E-state index in [0.717, 1.165) is 31.8 Å². The first-order chi connectivity index (χ1) is 20.8. The number of hydrogen-bond donors (Lipinski definition) is 1. The zero-order chi connectivity index (χ0) is 31.0. The molecule has 1 unspecified atom stereocenters. The Labute approximate surface area is 250 Å². The average molecular weight is 591 g/mol. The van der Waals surface area contributed by atoms with Gasteiger partial charge in [0.2, 0.25) is 6.29 Å². The van der Waals surface area contributed by atoms with Gasteiger partial charge in [0.05, 0.1) is 31.5 Å². The van der Waals surface area contributed by atoms with Crippen LogP contribution < -0.4 is 23.7 Å². The van der Waals surface area contributed by atoms with Crippen LogP contribution >= 0.6 is 0 Å². The van der Waals surface area contributed by atoms with E-state index in [1.54, 1.807) is 24.3 Å². The predicted octanol–water partition coefficient (Wildman–Crippen LogP) is 5.69. The van der Waals surface area contributed by atoms with E-state index < -0.39 is 24.2 Å². The number of benzene rings is 3. The maximum Gasteiger partial charge on any atom is 0.343 e. The molecule has 0 bridgehead atoms. The van der Waals surface area contributed by atoms with Gasteiger partial charge in [-0.3, -0.25) is 0 Å². The number of ether oxygens (including phenoxy) is 6. The van der Waals surface area contributed by atoms with Crippen LogP contribution in [0.3, 0.4) is 0 Å². The van der Waals surface area contributed by atoms with Gasteiger partial charge in [-0.1, -0.05) is 13.2 Å². The topological polar surface area (TPSA) is 127 Å². The normalized spacial score (nSPS) is 11.0. The fraction of sp³-hybridized carbons (Fsp3) is 0.242. The van der Waals surface area contributed by atoms with Crippen LogP contribution in [-0.4, -0.2) is 49.6 Å². The Morgan fingerprint density at radius 2 is 1.33 bits per heavy atom. The van der Waals surface area contributed by atoms with Crippen molar-refractivity contribution in [1.29, 1.82) is 0 Å². The minimum atomic E-state index is -1.16. The second kappa shape index (κ2) is 17.0. The van der Waals surface area contributed by atoms with Crippen LogP contribution in [0.25, 0.3) is 0 Å². The van der Waals surface area contributed by atoms with Gasteiger partial charge in [-0.05, 0) is 92.4 Å². The highest BCUT2D eigenvalue weighted by Crippen LogP contribution is 2.32. The molecule has 3 aromatic rings. The lowest BCUT2D eigenvalue weighted by Crippen LogP contribution is -2.12. The summed E-state index contributed by atoms with van der Waals surface area (Å²) in [7, 11) is 1.40. The summed E-state index contributed by atoms with van der Waals surface area (Å²) in [5.41, 5.74) is 0.568. The lowest BCUT2D eigenvalue weighted by molar-refractivity contribution is -0.137. The average Bonchev–Trinajstić information content (AvgIpc) is 3.03. The van der Waals surface area contributed by atoms with Crippen molar-refractivity contribution in [2.75, 3.05) is 20.3 Å². The Bertz CT molecular complexity index is 1380. The molecule has 10 nitrogen and oxygen atoms in total. The summed E-state index contributed by atoms with van der Waals surface area (Å²) in [5.74, 6) is -0.146. The van der Waals surface area contributed by atoms with Gasteiger partial charge in [0.15, 0.2) is 11.5 Å². The second-order valence-corrected chi connectivity index (χ2v) is 9.02. The summed E-state index contributed by atoms with van der Waals surface area (Å²) in [6, 6.07) is 17.0. The molecule has 0 spiro atoms. The van der Waals surface area contributed by atoms with Gasteiger partial charge in [-0.15, -0.1) is 0 Å². The molecule has 0 aliphatic rings. The van der Waals surface area contributed by atoms with Gasteiger partial charge in [0.25, 0.3) is 0 Å². The summed E-state index contributed by atoms with van der Waals surface area (Å²) in [5, 5.41) is 9.48. The van der Waals surface area contributed by atoms with E-state index in [2.05, 4.69) is 13.2 Å². The van der Waals surface area contributed by atoms with E-state index in [-0.39, 0.29) is 22.8 Å². The fourth-order valence-corrected chi connectivity index (χ4v) is 3.64. The number of esters is 3. The molecular formula is C33H34O10. The second-order valence-electron chi connectivity index (χ2n) is 9.02. The van der Waals surface area contributed by atoms with Crippen molar-refractivity contribution in [2.45, 2.75) is 32.0 Å². The zero-order valence-corrected chi connectivity index (χ0v) is 23.9. The van der Waals surface area contributed by atoms with Crippen molar-refractivity contribution in [3.8, 4) is 28.7 Å². The first kappa shape index (κ1) is 32.4. The third kappa shape index (κ3) is 10.7. The van der Waals surface area contributed by atoms with Crippen LogP contribution in [0.4, 0.5) is 0 Å². The van der Waals surface area contributed by atoms with Gasteiger partial charge in [0.1, 0.15) is 17.2 Å². The standard InChI is InChI=1S/C33H34O10/c1-4-30(34)40-21-9-7-6-8-20-39-25-14-10-23(11-15-25)32(36)42-27-18-19-28(29(22-27)38-3)43-33(37)24-12-16-26(17-13-24)41-31(35)5-2/h4-5,10-19,22,31,35H,1-2,6-9,20-21H2,3H3. The van der Waals surface area contributed by atoms with Crippen LogP contribution in [0.1, 0.15) is 46.4 Å². The summed E-state index contributed by atoms with van der Waals surface area (Å²) >= 11 is 0. The van der Waals surface area contributed by atoms with E-state index in [4.69, 9.17) is 28.4 Å². The van der Waals surface area contributed by atoms with E-state index in [9.17, 15) is 19.5 Å². The first-order valence-corrected chi connectivity index (χ1v) is 13.5. The maximum absolute atomic E-state index is 12.7. The molecule has 0 aromatic heterocycles. The molecule has 0 aliphatic carbocycles. The molecule has 0 saturated heterocycles. The SMILES string of the molecule is C=CC(=O)OCCCCCCOc1ccc(C(=O)Oc2ccc(OC(=O)c3ccc(OC(O)C=C)cc3)c(OC)c2)cc1. The van der Waals surface area contributed by atoms with Gasteiger partial charge < -0.3 is 33.5 Å². The molecule has 0 amide bonds. The van der Waals surface area contributed by atoms with Crippen LogP contribution in [0, 0.1) is 0 Å². The van der Waals surface area contributed by atoms with Crippen molar-refractivity contribution < 1.29 is 47.9 Å². The smallest absolute Gasteiger partial charge is 0.343 e. The van der Waals surface area contributed by atoms with E-state index in [0.29, 0.717) is 30.3 Å². The monoisotopic (exact) mass is 590 g/mol. The summed E-state index contributed by atoms with van der Waals surface area (Å²) in [4.78, 5) is 36.3. The van der Waals surface area contributed by atoms with Crippen molar-refractivity contribution >= 4 is 17.9 Å². The Hall–Kier alpha value is -5.09. The number of carbonyl (C=O) groups is 3. The van der Waals surface area contributed by atoms with Crippen LogP contribution in [0.5, 0.6) is 28.7 Å². The van der Waals surface area contributed by atoms with Crippen LogP contribution in [0.2, 0.25) is 0 Å². The number of unbranched alkanes of at least 4 members (excludes halogenated alkanes) is 3. The van der Waals surface area contributed by atoms with E-state index >= 15 is 0 Å². The predicted molar refractivity (Wildman–Crippen MR) is 158 cm³/mol. The summed E-state index contributed by atoms with van der Waals surface area (Å²) < 4.78 is 32.1. The molecule has 0 saturated carbocycles. The molecule has 226 valence electrons. The molecular weight excluding hydrogens is 556 g/mol. The molecule has 0 aliphatic heterocycles. The number of hydrogen-bond acceptors (Lipinski definition) is 10. The Balaban J connectivity index is 1.47. The van der Waals surface area contributed by atoms with Gasteiger partial charge in [-0.2, -0.15) is 0 Å². The zero-order valence-electron chi connectivity index (χ0n) is 23.9. The molecule has 3 aromatic carbocycles. The number of rotatable bonds is 17. The number of methoxy groups -OCH3 is 1. The Morgan fingerprint density at radius 3 is 1.93 bits per heavy atom. The van der Waals surface area contributed by atoms with Crippen LogP contribution in [-0.2, 0) is 9.53 Å². The Kier molecular flexibility index (Phi) is 12.8. The van der Waals surface area contributed by atoms with E-state index in [1.165, 1.54) is 55.7 Å². The van der Waals surface area contributed by atoms with Gasteiger partial charge in [-0.25, -0.2) is 14.4 Å². The van der Waals surface area contributed by atoms with Crippen LogP contribution in [0.15, 0.2) is 92.0 Å². The molecule has 3 rings (SSSR count). The summed E-state index contributed by atoms with van der Waals surface area (Å²) in [6.45, 7) is 7.68. The van der Waals surface area contributed by atoms with Crippen molar-refractivity contribution in [3.05, 3.63) is 103 Å². The highest BCUT2D eigenvalue weighted by molar-refractivity contribution is 5.92. The fourth-order valence-electron chi connectivity index (χ4n) is 3.64. The molecule has 0 fully saturated rings. The van der Waals surface area contributed by atoms with Gasteiger partial charge >= 0.3 is 17.9 Å². The third-order valence-electron chi connectivity index (χ3n) is 5.91. The third-order valence-corrected chi connectivity index (χ3v) is 5.91. The minimum absolute atomic E-state index is 0.132. The molecule has 43 heavy (non-hydrogen) atoms. The van der Waals surface area contributed by atoms with Crippen molar-refractivity contribution in [1.82, 2.24) is 0 Å². The first-order valence-electron chi connectivity index (χ1n) is 13.5.